The van der Waals surface area contributed by atoms with Crippen LogP contribution in [-0.4, -0.2) is 36.0 Å². The van der Waals surface area contributed by atoms with Gasteiger partial charge in [0.25, 0.3) is 0 Å². The van der Waals surface area contributed by atoms with E-state index in [0.29, 0.717) is 21.6 Å². The predicted molar refractivity (Wildman–Crippen MR) is 121 cm³/mol. The molecule has 0 radical (unpaired) electrons. The summed E-state index contributed by atoms with van der Waals surface area (Å²) in [6.07, 6.45) is 4.93. The molecule has 1 atom stereocenters. The number of aryl methyl sites for hydroxylation is 2. The van der Waals surface area contributed by atoms with Crippen LogP contribution in [0.25, 0.3) is 5.69 Å². The second-order valence-electron chi connectivity index (χ2n) is 7.12. The van der Waals surface area contributed by atoms with Crippen molar-refractivity contribution >= 4 is 29.3 Å². The molecule has 0 saturated heterocycles. The molecule has 4 aromatic rings. The summed E-state index contributed by atoms with van der Waals surface area (Å²) in [6.45, 7) is 1.92. The van der Waals surface area contributed by atoms with E-state index in [2.05, 4.69) is 20.5 Å². The van der Waals surface area contributed by atoms with Crippen molar-refractivity contribution in [2.45, 2.75) is 18.1 Å². The molecule has 7 nitrogen and oxygen atoms in total. The molecule has 32 heavy (non-hydrogen) atoms. The molecular weight excluding hydrogens is 451 g/mol. The van der Waals surface area contributed by atoms with Crippen LogP contribution in [0.2, 0.25) is 5.02 Å². The summed E-state index contributed by atoms with van der Waals surface area (Å²) in [4.78, 5) is 17.1. The van der Waals surface area contributed by atoms with Gasteiger partial charge in [0.2, 0.25) is 5.91 Å². The lowest BCUT2D eigenvalue weighted by molar-refractivity contribution is -0.119. The van der Waals surface area contributed by atoms with Crippen molar-refractivity contribution in [3.63, 3.8) is 0 Å². The number of carbonyl (C=O) groups is 1. The first-order valence-corrected chi connectivity index (χ1v) is 11.1. The van der Waals surface area contributed by atoms with Gasteiger partial charge in [0, 0.05) is 30.0 Å². The third-order valence-electron chi connectivity index (χ3n) is 4.92. The van der Waals surface area contributed by atoms with Crippen LogP contribution in [0.15, 0.2) is 66.3 Å². The quantitative estimate of drug-likeness (QED) is 0.411. The van der Waals surface area contributed by atoms with Gasteiger partial charge in [-0.15, -0.1) is 10.2 Å². The Morgan fingerprint density at radius 1 is 1.28 bits per heavy atom. The molecule has 4 rings (SSSR count). The normalized spacial score (nSPS) is 12.0. The topological polar surface area (TPSA) is 77.6 Å². The summed E-state index contributed by atoms with van der Waals surface area (Å²) < 4.78 is 18.0. The maximum absolute atomic E-state index is 14.5. The molecule has 0 aliphatic rings. The van der Waals surface area contributed by atoms with E-state index in [1.54, 1.807) is 53.1 Å². The molecule has 164 valence electrons. The van der Waals surface area contributed by atoms with Crippen LogP contribution < -0.4 is 5.32 Å². The highest BCUT2D eigenvalue weighted by atomic mass is 35.5. The van der Waals surface area contributed by atoms with Gasteiger partial charge in [-0.2, -0.15) is 0 Å². The fourth-order valence-corrected chi connectivity index (χ4v) is 4.13. The van der Waals surface area contributed by atoms with Gasteiger partial charge >= 0.3 is 0 Å². The van der Waals surface area contributed by atoms with Crippen LogP contribution in [0.3, 0.4) is 0 Å². The van der Waals surface area contributed by atoms with Gasteiger partial charge in [0.05, 0.1) is 11.4 Å². The summed E-state index contributed by atoms with van der Waals surface area (Å²) >= 11 is 7.46. The Hall–Kier alpha value is -3.17. The van der Waals surface area contributed by atoms with Gasteiger partial charge in [-0.1, -0.05) is 47.6 Å². The zero-order valence-corrected chi connectivity index (χ0v) is 18.9. The Morgan fingerprint density at radius 2 is 2.09 bits per heavy atom. The molecule has 0 fully saturated rings. The van der Waals surface area contributed by atoms with Crippen LogP contribution in [0.5, 0.6) is 0 Å². The van der Waals surface area contributed by atoms with E-state index in [-0.39, 0.29) is 11.7 Å². The molecule has 1 unspecified atom stereocenters. The van der Waals surface area contributed by atoms with E-state index < -0.39 is 11.9 Å². The Labute approximate surface area is 193 Å². The molecule has 0 saturated carbocycles. The Morgan fingerprint density at radius 3 is 2.81 bits per heavy atom. The molecule has 2 heterocycles. The van der Waals surface area contributed by atoms with Gasteiger partial charge in [-0.25, -0.2) is 9.37 Å². The van der Waals surface area contributed by atoms with E-state index in [1.807, 2.05) is 25.1 Å². The number of nitrogens with one attached hydrogen (secondary N) is 1. The smallest absolute Gasteiger partial charge is 0.231 e. The van der Waals surface area contributed by atoms with E-state index in [9.17, 15) is 9.18 Å². The number of imidazole rings is 1. The number of carbonyl (C=O) groups excluding carboxylic acids is 1. The van der Waals surface area contributed by atoms with Crippen molar-refractivity contribution in [2.24, 2.45) is 7.05 Å². The highest BCUT2D eigenvalue weighted by molar-refractivity contribution is 7.99. The molecule has 0 spiro atoms. The van der Waals surface area contributed by atoms with E-state index in [0.717, 1.165) is 11.3 Å². The van der Waals surface area contributed by atoms with Crippen molar-refractivity contribution in [1.82, 2.24) is 29.6 Å². The summed E-state index contributed by atoms with van der Waals surface area (Å²) in [7, 11) is 1.80. The monoisotopic (exact) mass is 470 g/mol. The Balaban J connectivity index is 1.51. The minimum absolute atomic E-state index is 0.0632. The average molecular weight is 471 g/mol. The number of hydrogen-bond acceptors (Lipinski definition) is 5. The molecule has 10 heteroatoms. The van der Waals surface area contributed by atoms with Crippen LogP contribution in [-0.2, 0) is 11.8 Å². The van der Waals surface area contributed by atoms with E-state index >= 15 is 0 Å². The number of aromatic nitrogens is 5. The summed E-state index contributed by atoms with van der Waals surface area (Å²) in [5.74, 6) is -0.105. The molecule has 2 aromatic carbocycles. The number of amides is 1. The number of thioether (sulfide) groups is 1. The fourth-order valence-electron chi connectivity index (χ4n) is 3.21. The molecule has 2 aromatic heterocycles. The highest BCUT2D eigenvalue weighted by Crippen LogP contribution is 2.25. The van der Waals surface area contributed by atoms with Crippen LogP contribution in [0, 0.1) is 12.7 Å². The SMILES string of the molecule is Cc1ccc(-n2cnnc2SCC(=O)NC(c2ccccc2F)c2nccn2C)cc1Cl. The predicted octanol–water partition coefficient (Wildman–Crippen LogP) is 4.10. The summed E-state index contributed by atoms with van der Waals surface area (Å²) in [5.41, 5.74) is 2.11. The van der Waals surface area contributed by atoms with Crippen molar-refractivity contribution in [3.05, 3.63) is 89.0 Å². The van der Waals surface area contributed by atoms with Gasteiger partial charge < -0.3 is 9.88 Å². The number of rotatable bonds is 7. The lowest BCUT2D eigenvalue weighted by Gasteiger charge is -2.19. The number of benzene rings is 2. The third-order valence-corrected chi connectivity index (χ3v) is 6.27. The number of halogens is 2. The lowest BCUT2D eigenvalue weighted by Crippen LogP contribution is -2.33. The Kier molecular flexibility index (Phi) is 6.57. The fraction of sp³-hybridized carbons (Fsp3) is 0.182. The summed E-state index contributed by atoms with van der Waals surface area (Å²) in [5, 5.41) is 12.1. The molecule has 0 bridgehead atoms. The lowest BCUT2D eigenvalue weighted by atomic mass is 10.1. The minimum atomic E-state index is -0.724. The minimum Gasteiger partial charge on any atom is -0.341 e. The van der Waals surface area contributed by atoms with Crippen molar-refractivity contribution < 1.29 is 9.18 Å². The molecule has 1 N–H and O–H groups in total. The van der Waals surface area contributed by atoms with Gasteiger partial charge in [0.1, 0.15) is 24.0 Å². The molecule has 0 aliphatic heterocycles. The van der Waals surface area contributed by atoms with Gasteiger partial charge in [-0.3, -0.25) is 9.36 Å². The second kappa shape index (κ2) is 9.54. The zero-order valence-electron chi connectivity index (χ0n) is 17.4. The average Bonchev–Trinajstić information content (AvgIpc) is 3.42. The van der Waals surface area contributed by atoms with E-state index in [1.165, 1.54) is 17.8 Å². The molecule has 0 aliphatic carbocycles. The maximum Gasteiger partial charge on any atom is 0.231 e. The summed E-state index contributed by atoms with van der Waals surface area (Å²) in [6, 6.07) is 11.2. The molecular formula is C22H20ClFN6OS. The van der Waals surface area contributed by atoms with Gasteiger partial charge in [0.15, 0.2) is 5.16 Å². The highest BCUT2D eigenvalue weighted by Gasteiger charge is 2.24. The van der Waals surface area contributed by atoms with Crippen molar-refractivity contribution in [2.75, 3.05) is 5.75 Å². The first kappa shape index (κ1) is 22.0. The van der Waals surface area contributed by atoms with E-state index in [4.69, 9.17) is 11.6 Å². The van der Waals surface area contributed by atoms with Crippen LogP contribution >= 0.6 is 23.4 Å². The standard InChI is InChI=1S/C22H20ClFN6OS/c1-14-7-8-15(11-17(14)23)30-13-26-28-22(30)32-12-19(31)27-20(21-25-9-10-29(21)2)16-5-3-4-6-18(16)24/h3-11,13,20H,12H2,1-2H3,(H,27,31). The van der Waals surface area contributed by atoms with Crippen LogP contribution in [0.4, 0.5) is 4.39 Å². The maximum atomic E-state index is 14.5. The largest absolute Gasteiger partial charge is 0.341 e. The number of hydrogen-bond donors (Lipinski definition) is 1. The first-order valence-electron chi connectivity index (χ1n) is 9.74. The molecule has 1 amide bonds. The second-order valence-corrected chi connectivity index (χ2v) is 8.47. The number of nitrogens with zero attached hydrogens (tertiary/aromatic N) is 5. The van der Waals surface area contributed by atoms with Crippen molar-refractivity contribution in [1.29, 1.82) is 0 Å². The van der Waals surface area contributed by atoms with Crippen molar-refractivity contribution in [3.8, 4) is 5.69 Å². The third kappa shape index (κ3) is 4.68. The Bertz CT molecular complexity index is 1260. The zero-order chi connectivity index (χ0) is 22.7. The first-order chi connectivity index (χ1) is 15.4. The van der Waals surface area contributed by atoms with Crippen LogP contribution in [0.1, 0.15) is 23.0 Å². The van der Waals surface area contributed by atoms with Gasteiger partial charge in [-0.05, 0) is 30.7 Å².